The van der Waals surface area contributed by atoms with Gasteiger partial charge in [-0.15, -0.1) is 0 Å². The Morgan fingerprint density at radius 3 is 2.53 bits per heavy atom. The number of aliphatic imine (C=N–C) groups is 1. The maximum absolute atomic E-state index is 12.5. The van der Waals surface area contributed by atoms with E-state index in [4.69, 9.17) is 25.8 Å². The van der Waals surface area contributed by atoms with E-state index in [1.165, 1.54) is 7.11 Å². The molecule has 0 saturated heterocycles. The van der Waals surface area contributed by atoms with Crippen LogP contribution in [0.1, 0.15) is 27.0 Å². The summed E-state index contributed by atoms with van der Waals surface area (Å²) in [5.41, 5.74) is 2.54. The SMILES string of the molecule is COc1cc(/C=C2\N=C(c3ccccc3Cl)OC2=O)ccc1OC(=O)c1ccccc1C. The minimum atomic E-state index is -0.589. The first kappa shape index (κ1) is 21.3. The van der Waals surface area contributed by atoms with Crippen molar-refractivity contribution in [3.05, 3.63) is 99.7 Å². The molecule has 0 spiro atoms. The van der Waals surface area contributed by atoms with Gasteiger partial charge in [0.1, 0.15) is 0 Å². The molecule has 0 amide bonds. The molecule has 0 aromatic heterocycles. The van der Waals surface area contributed by atoms with Gasteiger partial charge in [0.15, 0.2) is 17.2 Å². The molecule has 0 bridgehead atoms. The maximum atomic E-state index is 12.5. The zero-order chi connectivity index (χ0) is 22.7. The number of hydrogen-bond acceptors (Lipinski definition) is 6. The molecule has 0 unspecified atom stereocenters. The number of benzene rings is 3. The lowest BCUT2D eigenvalue weighted by molar-refractivity contribution is -0.129. The normalized spacial score (nSPS) is 14.2. The van der Waals surface area contributed by atoms with Crippen LogP contribution in [0.2, 0.25) is 5.02 Å². The number of cyclic esters (lactones) is 1. The van der Waals surface area contributed by atoms with Crippen molar-refractivity contribution < 1.29 is 23.8 Å². The molecule has 7 heteroatoms. The highest BCUT2D eigenvalue weighted by molar-refractivity contribution is 6.34. The Kier molecular flexibility index (Phi) is 6.05. The molecule has 3 aromatic rings. The predicted octanol–water partition coefficient (Wildman–Crippen LogP) is 5.22. The van der Waals surface area contributed by atoms with E-state index in [0.29, 0.717) is 27.5 Å². The van der Waals surface area contributed by atoms with Crippen LogP contribution in [0, 0.1) is 6.92 Å². The first-order valence-corrected chi connectivity index (χ1v) is 10.1. The molecule has 0 fully saturated rings. The van der Waals surface area contributed by atoms with Crippen molar-refractivity contribution in [3.8, 4) is 11.5 Å². The Morgan fingerprint density at radius 1 is 1.03 bits per heavy atom. The molecule has 6 nitrogen and oxygen atoms in total. The summed E-state index contributed by atoms with van der Waals surface area (Å²) in [6.45, 7) is 1.83. The monoisotopic (exact) mass is 447 g/mol. The molecule has 1 aliphatic heterocycles. The molecule has 0 N–H and O–H groups in total. The van der Waals surface area contributed by atoms with Gasteiger partial charge in [-0.3, -0.25) is 0 Å². The fourth-order valence-corrected chi connectivity index (χ4v) is 3.35. The summed E-state index contributed by atoms with van der Waals surface area (Å²) < 4.78 is 16.2. The van der Waals surface area contributed by atoms with Crippen molar-refractivity contribution in [2.75, 3.05) is 7.11 Å². The summed E-state index contributed by atoms with van der Waals surface area (Å²) in [4.78, 5) is 29.1. The smallest absolute Gasteiger partial charge is 0.363 e. The van der Waals surface area contributed by atoms with Gasteiger partial charge in [0.25, 0.3) is 0 Å². The Balaban J connectivity index is 1.60. The van der Waals surface area contributed by atoms with Crippen LogP contribution in [0.3, 0.4) is 0 Å². The van der Waals surface area contributed by atoms with Gasteiger partial charge in [0.2, 0.25) is 5.90 Å². The molecule has 160 valence electrons. The average molecular weight is 448 g/mol. The van der Waals surface area contributed by atoms with E-state index in [1.54, 1.807) is 60.7 Å². The Bertz CT molecular complexity index is 1280. The number of methoxy groups -OCH3 is 1. The molecular weight excluding hydrogens is 430 g/mol. The van der Waals surface area contributed by atoms with Crippen molar-refractivity contribution in [2.24, 2.45) is 4.99 Å². The molecule has 0 saturated carbocycles. The highest BCUT2D eigenvalue weighted by Crippen LogP contribution is 2.31. The molecule has 0 atom stereocenters. The lowest BCUT2D eigenvalue weighted by Gasteiger charge is -2.11. The number of esters is 2. The molecular formula is C25H18ClNO5. The van der Waals surface area contributed by atoms with Crippen LogP contribution >= 0.6 is 11.6 Å². The van der Waals surface area contributed by atoms with Crippen molar-refractivity contribution in [3.63, 3.8) is 0 Å². The second kappa shape index (κ2) is 9.08. The number of halogens is 1. The average Bonchev–Trinajstić information content (AvgIpc) is 3.15. The van der Waals surface area contributed by atoms with E-state index in [9.17, 15) is 9.59 Å². The minimum Gasteiger partial charge on any atom is -0.493 e. The third-order valence-corrected chi connectivity index (χ3v) is 5.11. The molecule has 0 aliphatic carbocycles. The van der Waals surface area contributed by atoms with Crippen molar-refractivity contribution >= 4 is 35.5 Å². The number of hydrogen-bond donors (Lipinski definition) is 0. The topological polar surface area (TPSA) is 74.2 Å². The number of nitrogens with zero attached hydrogens (tertiary/aromatic N) is 1. The predicted molar refractivity (Wildman–Crippen MR) is 121 cm³/mol. The summed E-state index contributed by atoms with van der Waals surface area (Å²) in [5.74, 6) is -0.336. The minimum absolute atomic E-state index is 0.117. The Morgan fingerprint density at radius 2 is 1.78 bits per heavy atom. The lowest BCUT2D eigenvalue weighted by Crippen LogP contribution is -2.10. The second-order valence-electron chi connectivity index (χ2n) is 6.93. The van der Waals surface area contributed by atoms with E-state index >= 15 is 0 Å². The summed E-state index contributed by atoms with van der Waals surface area (Å²) in [7, 11) is 1.47. The van der Waals surface area contributed by atoms with E-state index in [-0.39, 0.29) is 17.3 Å². The van der Waals surface area contributed by atoms with Crippen molar-refractivity contribution in [2.45, 2.75) is 6.92 Å². The first-order valence-electron chi connectivity index (χ1n) is 9.69. The number of ether oxygens (including phenoxy) is 3. The maximum Gasteiger partial charge on any atom is 0.363 e. The molecule has 0 radical (unpaired) electrons. The second-order valence-corrected chi connectivity index (χ2v) is 7.34. The van der Waals surface area contributed by atoms with Crippen LogP contribution in [0.4, 0.5) is 0 Å². The quantitative estimate of drug-likeness (QED) is 0.304. The standard InChI is InChI=1S/C25H18ClNO5/c1-15-7-3-4-8-17(15)24(28)31-21-12-11-16(14-22(21)30-2)13-20-25(29)32-23(27-20)18-9-5-6-10-19(18)26/h3-14H,1-2H3/b20-13-. The van der Waals surface area contributed by atoms with Crippen LogP contribution in [0.15, 0.2) is 77.4 Å². The fraction of sp³-hybridized carbons (Fsp3) is 0.0800. The van der Waals surface area contributed by atoms with Gasteiger partial charge < -0.3 is 14.2 Å². The Hall–Kier alpha value is -3.90. The van der Waals surface area contributed by atoms with Gasteiger partial charge in [-0.1, -0.05) is 48.0 Å². The molecule has 3 aromatic carbocycles. The molecule has 4 rings (SSSR count). The highest BCUT2D eigenvalue weighted by Gasteiger charge is 2.25. The zero-order valence-electron chi connectivity index (χ0n) is 17.3. The van der Waals surface area contributed by atoms with Gasteiger partial charge >= 0.3 is 11.9 Å². The number of rotatable bonds is 5. The lowest BCUT2D eigenvalue weighted by atomic mass is 10.1. The van der Waals surface area contributed by atoms with Gasteiger partial charge in [-0.2, -0.15) is 0 Å². The van der Waals surface area contributed by atoms with E-state index in [0.717, 1.165) is 5.56 Å². The van der Waals surface area contributed by atoms with Gasteiger partial charge in [-0.05, 0) is 54.5 Å². The number of aryl methyl sites for hydroxylation is 1. The summed E-state index contributed by atoms with van der Waals surface area (Å²) >= 11 is 6.16. The van der Waals surface area contributed by atoms with Crippen LogP contribution in [-0.4, -0.2) is 24.9 Å². The van der Waals surface area contributed by atoms with Crippen LogP contribution in [0.25, 0.3) is 6.08 Å². The van der Waals surface area contributed by atoms with E-state index in [2.05, 4.69) is 4.99 Å². The Labute approximate surface area is 189 Å². The molecule has 1 heterocycles. The fourth-order valence-electron chi connectivity index (χ4n) is 3.13. The highest BCUT2D eigenvalue weighted by atomic mass is 35.5. The largest absolute Gasteiger partial charge is 0.493 e. The molecule has 32 heavy (non-hydrogen) atoms. The van der Waals surface area contributed by atoms with Gasteiger partial charge in [-0.25, -0.2) is 14.6 Å². The first-order chi connectivity index (χ1) is 15.5. The van der Waals surface area contributed by atoms with Crippen molar-refractivity contribution in [1.82, 2.24) is 0 Å². The summed E-state index contributed by atoms with van der Waals surface area (Å²) in [5, 5.41) is 0.432. The van der Waals surface area contributed by atoms with Crippen LogP contribution < -0.4 is 9.47 Å². The van der Waals surface area contributed by atoms with Crippen molar-refractivity contribution in [1.29, 1.82) is 0 Å². The van der Waals surface area contributed by atoms with E-state index in [1.807, 2.05) is 19.1 Å². The summed E-state index contributed by atoms with van der Waals surface area (Å²) in [6, 6.07) is 19.0. The number of carbonyl (C=O) groups is 2. The van der Waals surface area contributed by atoms with Gasteiger partial charge in [0.05, 0.1) is 23.3 Å². The van der Waals surface area contributed by atoms with Crippen LogP contribution in [0.5, 0.6) is 11.5 Å². The third-order valence-electron chi connectivity index (χ3n) is 4.78. The molecule has 1 aliphatic rings. The summed E-state index contributed by atoms with van der Waals surface area (Å²) in [6.07, 6.45) is 1.56. The number of carbonyl (C=O) groups excluding carboxylic acids is 2. The van der Waals surface area contributed by atoms with E-state index < -0.39 is 11.9 Å². The van der Waals surface area contributed by atoms with Crippen LogP contribution in [-0.2, 0) is 9.53 Å². The zero-order valence-corrected chi connectivity index (χ0v) is 18.1. The van der Waals surface area contributed by atoms with Gasteiger partial charge in [0, 0.05) is 0 Å². The third kappa shape index (κ3) is 4.40.